The van der Waals surface area contributed by atoms with E-state index in [2.05, 4.69) is 5.32 Å². The van der Waals surface area contributed by atoms with E-state index in [1.54, 1.807) is 0 Å². The van der Waals surface area contributed by atoms with Gasteiger partial charge >= 0.3 is 6.18 Å². The van der Waals surface area contributed by atoms with Gasteiger partial charge in [-0.05, 0) is 18.6 Å². The van der Waals surface area contributed by atoms with Crippen molar-refractivity contribution in [2.75, 3.05) is 19.0 Å². The Bertz CT molecular complexity index is 365. The number of nitrogens with one attached hydrogen (secondary N) is 1. The molecule has 1 N–H and O–H groups in total. The van der Waals surface area contributed by atoms with Gasteiger partial charge in [-0.25, -0.2) is 4.39 Å². The molecule has 0 heterocycles. The summed E-state index contributed by atoms with van der Waals surface area (Å²) in [5.74, 6) is -0.445. The van der Waals surface area contributed by atoms with Crippen LogP contribution in [-0.2, 0) is 0 Å². The second-order valence-electron chi connectivity index (χ2n) is 3.49. The molecule has 0 aliphatic heterocycles. The third kappa shape index (κ3) is 4.93. The zero-order valence-electron chi connectivity index (χ0n) is 9.27. The van der Waals surface area contributed by atoms with Crippen LogP contribution in [0.5, 0.6) is 5.75 Å². The quantitative estimate of drug-likeness (QED) is 0.637. The molecule has 1 aromatic rings. The van der Waals surface area contributed by atoms with Crippen LogP contribution in [0.2, 0.25) is 0 Å². The Morgan fingerprint density at radius 3 is 2.59 bits per heavy atom. The molecule has 0 amide bonds. The first-order valence-electron chi connectivity index (χ1n) is 5.06. The van der Waals surface area contributed by atoms with E-state index in [0.717, 1.165) is 0 Å². The van der Waals surface area contributed by atoms with Gasteiger partial charge in [-0.2, -0.15) is 13.2 Å². The van der Waals surface area contributed by atoms with Gasteiger partial charge in [0.15, 0.2) is 11.6 Å². The summed E-state index contributed by atoms with van der Waals surface area (Å²) in [6.45, 7) is 0.175. The van der Waals surface area contributed by atoms with E-state index in [9.17, 15) is 17.6 Å². The fourth-order valence-corrected chi connectivity index (χ4v) is 1.29. The summed E-state index contributed by atoms with van der Waals surface area (Å²) in [6.07, 6.45) is -5.00. The van der Waals surface area contributed by atoms with Crippen molar-refractivity contribution in [1.29, 1.82) is 0 Å². The molecule has 0 aliphatic carbocycles. The van der Waals surface area contributed by atoms with Crippen LogP contribution in [0.25, 0.3) is 0 Å². The van der Waals surface area contributed by atoms with Crippen molar-refractivity contribution in [2.24, 2.45) is 0 Å². The Balaban J connectivity index is 2.42. The molecular weight excluding hydrogens is 238 g/mol. The van der Waals surface area contributed by atoms with Gasteiger partial charge in [-0.1, -0.05) is 0 Å². The molecule has 0 unspecified atom stereocenters. The number of ether oxygens (including phenoxy) is 1. The molecule has 0 fully saturated rings. The highest BCUT2D eigenvalue weighted by atomic mass is 19.4. The molecule has 0 aromatic heterocycles. The van der Waals surface area contributed by atoms with Crippen LogP contribution in [0.3, 0.4) is 0 Å². The standard InChI is InChI=1S/C11H13F4NO/c1-17-10-7-8(3-4-9(10)12)16-6-2-5-11(13,14)15/h3-4,7,16H,2,5-6H2,1H3. The van der Waals surface area contributed by atoms with Crippen LogP contribution in [0.1, 0.15) is 12.8 Å². The van der Waals surface area contributed by atoms with Gasteiger partial charge in [0.1, 0.15) is 0 Å². The number of halogens is 4. The number of alkyl halides is 3. The monoisotopic (exact) mass is 251 g/mol. The normalized spacial score (nSPS) is 11.4. The summed E-state index contributed by atoms with van der Waals surface area (Å²) in [6, 6.07) is 4.05. The van der Waals surface area contributed by atoms with Gasteiger partial charge < -0.3 is 10.1 Å². The summed E-state index contributed by atoms with van der Waals surface area (Å²) in [5.41, 5.74) is 0.533. The first-order valence-corrected chi connectivity index (χ1v) is 5.06. The number of benzene rings is 1. The molecule has 17 heavy (non-hydrogen) atoms. The molecule has 96 valence electrons. The average molecular weight is 251 g/mol. The number of methoxy groups -OCH3 is 1. The predicted octanol–water partition coefficient (Wildman–Crippen LogP) is 3.59. The minimum Gasteiger partial charge on any atom is -0.494 e. The minimum absolute atomic E-state index is 0.0246. The lowest BCUT2D eigenvalue weighted by Gasteiger charge is -2.09. The summed E-state index contributed by atoms with van der Waals surface area (Å²) < 4.78 is 53.3. The molecule has 0 spiro atoms. The smallest absolute Gasteiger partial charge is 0.389 e. The zero-order valence-corrected chi connectivity index (χ0v) is 9.27. The van der Waals surface area contributed by atoms with E-state index in [4.69, 9.17) is 4.74 Å². The molecule has 0 bridgehead atoms. The average Bonchev–Trinajstić information content (AvgIpc) is 2.25. The Morgan fingerprint density at radius 1 is 1.29 bits per heavy atom. The number of rotatable bonds is 5. The van der Waals surface area contributed by atoms with E-state index in [1.807, 2.05) is 0 Å². The number of hydrogen-bond donors (Lipinski definition) is 1. The van der Waals surface area contributed by atoms with Gasteiger partial charge in [0.05, 0.1) is 7.11 Å². The van der Waals surface area contributed by atoms with Crippen molar-refractivity contribution < 1.29 is 22.3 Å². The molecule has 2 nitrogen and oxygen atoms in total. The second kappa shape index (κ2) is 5.75. The largest absolute Gasteiger partial charge is 0.494 e. The van der Waals surface area contributed by atoms with E-state index >= 15 is 0 Å². The van der Waals surface area contributed by atoms with Gasteiger partial charge in [0.25, 0.3) is 0 Å². The summed E-state index contributed by atoms with van der Waals surface area (Å²) in [7, 11) is 1.33. The summed E-state index contributed by atoms with van der Waals surface area (Å²) in [4.78, 5) is 0. The van der Waals surface area contributed by atoms with Crippen LogP contribution < -0.4 is 10.1 Å². The third-order valence-corrected chi connectivity index (χ3v) is 2.12. The fraction of sp³-hybridized carbons (Fsp3) is 0.455. The maximum absolute atomic E-state index is 13.0. The second-order valence-corrected chi connectivity index (χ2v) is 3.49. The zero-order chi connectivity index (χ0) is 12.9. The topological polar surface area (TPSA) is 21.3 Å². The third-order valence-electron chi connectivity index (χ3n) is 2.12. The van der Waals surface area contributed by atoms with Crippen LogP contribution in [0.15, 0.2) is 18.2 Å². The van der Waals surface area contributed by atoms with E-state index in [-0.39, 0.29) is 18.7 Å². The van der Waals surface area contributed by atoms with Gasteiger partial charge in [-0.15, -0.1) is 0 Å². The van der Waals surface area contributed by atoms with E-state index < -0.39 is 18.4 Å². The molecule has 0 radical (unpaired) electrons. The molecule has 0 atom stereocenters. The Kier molecular flexibility index (Phi) is 4.60. The predicted molar refractivity (Wildman–Crippen MR) is 56.7 cm³/mol. The van der Waals surface area contributed by atoms with Crippen molar-refractivity contribution in [2.45, 2.75) is 19.0 Å². The summed E-state index contributed by atoms with van der Waals surface area (Å²) >= 11 is 0. The minimum atomic E-state index is -4.14. The Labute approximate surface area is 96.6 Å². The number of hydrogen-bond acceptors (Lipinski definition) is 2. The molecule has 1 rings (SSSR count). The first-order chi connectivity index (χ1) is 7.92. The van der Waals surface area contributed by atoms with Crippen LogP contribution in [0.4, 0.5) is 23.2 Å². The highest BCUT2D eigenvalue weighted by Gasteiger charge is 2.25. The molecule has 0 aliphatic rings. The highest BCUT2D eigenvalue weighted by molar-refractivity contribution is 5.48. The Morgan fingerprint density at radius 2 is 2.00 bits per heavy atom. The SMILES string of the molecule is COc1cc(NCCCC(F)(F)F)ccc1F. The highest BCUT2D eigenvalue weighted by Crippen LogP contribution is 2.23. The van der Waals surface area contributed by atoms with Crippen molar-refractivity contribution in [1.82, 2.24) is 0 Å². The molecule has 6 heteroatoms. The van der Waals surface area contributed by atoms with Crippen LogP contribution >= 0.6 is 0 Å². The molecule has 0 saturated carbocycles. The van der Waals surface area contributed by atoms with E-state index in [0.29, 0.717) is 5.69 Å². The van der Waals surface area contributed by atoms with Crippen molar-refractivity contribution in [3.63, 3.8) is 0 Å². The fourth-order valence-electron chi connectivity index (χ4n) is 1.29. The first kappa shape index (κ1) is 13.6. The lowest BCUT2D eigenvalue weighted by Crippen LogP contribution is -2.11. The lowest BCUT2D eigenvalue weighted by molar-refractivity contribution is -0.134. The number of anilines is 1. The van der Waals surface area contributed by atoms with Crippen molar-refractivity contribution in [3.05, 3.63) is 24.0 Å². The molecular formula is C11H13F4NO. The maximum Gasteiger partial charge on any atom is 0.389 e. The maximum atomic E-state index is 13.0. The van der Waals surface area contributed by atoms with E-state index in [1.165, 1.54) is 25.3 Å². The lowest BCUT2D eigenvalue weighted by atomic mass is 10.2. The molecule has 1 aromatic carbocycles. The van der Waals surface area contributed by atoms with Crippen molar-refractivity contribution in [3.8, 4) is 5.75 Å². The van der Waals surface area contributed by atoms with Gasteiger partial charge in [0, 0.05) is 24.7 Å². The Hall–Kier alpha value is -1.46. The van der Waals surface area contributed by atoms with Crippen LogP contribution in [0, 0.1) is 5.82 Å². The summed E-state index contributed by atoms with van der Waals surface area (Å²) in [5, 5.41) is 2.77. The molecule has 0 saturated heterocycles. The van der Waals surface area contributed by atoms with Gasteiger partial charge in [0.2, 0.25) is 0 Å². The van der Waals surface area contributed by atoms with Crippen molar-refractivity contribution >= 4 is 5.69 Å². The van der Waals surface area contributed by atoms with Gasteiger partial charge in [-0.3, -0.25) is 0 Å². The van der Waals surface area contributed by atoms with Crippen LogP contribution in [-0.4, -0.2) is 19.8 Å².